The molecule has 0 aliphatic carbocycles. The topological polar surface area (TPSA) is 48.9 Å². The van der Waals surface area contributed by atoms with E-state index in [1.54, 1.807) is 0 Å². The van der Waals surface area contributed by atoms with Crippen molar-refractivity contribution in [3.05, 3.63) is 52.7 Å². The monoisotopic (exact) mass is 514 g/mol. The molecule has 0 saturated carbocycles. The van der Waals surface area contributed by atoms with Gasteiger partial charge in [0.05, 0.1) is 6.54 Å². The molecule has 2 heterocycles. The highest BCUT2D eigenvalue weighted by molar-refractivity contribution is 14.0. The van der Waals surface area contributed by atoms with Gasteiger partial charge in [0.15, 0.2) is 5.96 Å². The van der Waals surface area contributed by atoms with E-state index >= 15 is 0 Å². The fourth-order valence-corrected chi connectivity index (χ4v) is 4.15. The standard InChI is InChI=1S/C21H30N4OS.HI/c1-22-21(23-11-13-26-19-8-3-2-4-9-19)24-15-18-7-5-12-25(16-18)17-20-10-6-14-27-20;/h2-4,6,8-10,14,18H,5,7,11-13,15-17H2,1H3,(H2,22,23,24);1H. The van der Waals surface area contributed by atoms with Crippen molar-refractivity contribution in [1.82, 2.24) is 15.5 Å². The molecule has 2 N–H and O–H groups in total. The lowest BCUT2D eigenvalue weighted by molar-refractivity contribution is 0.169. The smallest absolute Gasteiger partial charge is 0.191 e. The average Bonchev–Trinajstić information content (AvgIpc) is 3.21. The Bertz CT molecular complexity index is 681. The molecule has 3 rings (SSSR count). The van der Waals surface area contributed by atoms with Crippen molar-refractivity contribution in [1.29, 1.82) is 0 Å². The van der Waals surface area contributed by atoms with E-state index < -0.39 is 0 Å². The number of aliphatic imine (C=N–C) groups is 1. The number of likely N-dealkylation sites (tertiary alicyclic amines) is 1. The van der Waals surface area contributed by atoms with Gasteiger partial charge in [-0.2, -0.15) is 0 Å². The molecule has 28 heavy (non-hydrogen) atoms. The largest absolute Gasteiger partial charge is 0.492 e. The number of para-hydroxylation sites is 1. The van der Waals surface area contributed by atoms with Crippen LogP contribution < -0.4 is 15.4 Å². The van der Waals surface area contributed by atoms with Crippen LogP contribution >= 0.6 is 35.3 Å². The Morgan fingerprint density at radius 3 is 2.82 bits per heavy atom. The van der Waals surface area contributed by atoms with E-state index in [-0.39, 0.29) is 24.0 Å². The molecular formula is C21H31IN4OS. The third-order valence-electron chi connectivity index (χ3n) is 4.75. The summed E-state index contributed by atoms with van der Waals surface area (Å²) in [5.41, 5.74) is 0. The number of benzene rings is 1. The van der Waals surface area contributed by atoms with E-state index in [2.05, 4.69) is 38.0 Å². The minimum atomic E-state index is 0. The average molecular weight is 514 g/mol. The molecule has 1 fully saturated rings. The first-order valence-corrected chi connectivity index (χ1v) is 10.6. The lowest BCUT2D eigenvalue weighted by Crippen LogP contribution is -2.45. The maximum Gasteiger partial charge on any atom is 0.191 e. The second kappa shape index (κ2) is 13.0. The molecule has 0 amide bonds. The second-order valence-electron chi connectivity index (χ2n) is 6.86. The minimum Gasteiger partial charge on any atom is -0.492 e. The summed E-state index contributed by atoms with van der Waals surface area (Å²) in [5, 5.41) is 8.97. The van der Waals surface area contributed by atoms with Crippen LogP contribution in [0.1, 0.15) is 17.7 Å². The van der Waals surface area contributed by atoms with E-state index in [0.29, 0.717) is 12.5 Å². The van der Waals surface area contributed by atoms with E-state index in [1.165, 1.54) is 24.3 Å². The van der Waals surface area contributed by atoms with Gasteiger partial charge < -0.3 is 15.4 Å². The molecule has 1 aliphatic heterocycles. The number of guanidine groups is 1. The van der Waals surface area contributed by atoms with E-state index in [4.69, 9.17) is 4.74 Å². The molecule has 1 aromatic carbocycles. The molecule has 0 bridgehead atoms. The second-order valence-corrected chi connectivity index (χ2v) is 7.90. The van der Waals surface area contributed by atoms with Crippen LogP contribution in [-0.2, 0) is 6.54 Å². The molecule has 0 spiro atoms. The molecule has 1 aliphatic rings. The molecule has 1 aromatic heterocycles. The quantitative estimate of drug-likeness (QED) is 0.244. The van der Waals surface area contributed by atoms with Gasteiger partial charge in [-0.05, 0) is 48.9 Å². The van der Waals surface area contributed by atoms with Crippen LogP contribution in [0.25, 0.3) is 0 Å². The maximum atomic E-state index is 5.71. The Labute approximate surface area is 189 Å². The Kier molecular flexibility index (Phi) is 10.7. The van der Waals surface area contributed by atoms with Gasteiger partial charge in [0.25, 0.3) is 0 Å². The molecular weight excluding hydrogens is 483 g/mol. The molecule has 5 nitrogen and oxygen atoms in total. The van der Waals surface area contributed by atoms with E-state index in [1.807, 2.05) is 48.7 Å². The zero-order valence-corrected chi connectivity index (χ0v) is 19.6. The van der Waals surface area contributed by atoms with Crippen LogP contribution in [0.4, 0.5) is 0 Å². The van der Waals surface area contributed by atoms with Crippen LogP contribution in [0.15, 0.2) is 52.8 Å². The Hall–Kier alpha value is -1.32. The number of hydrogen-bond acceptors (Lipinski definition) is 4. The summed E-state index contributed by atoms with van der Waals surface area (Å²) in [4.78, 5) is 8.36. The van der Waals surface area contributed by atoms with Crippen LogP contribution in [-0.4, -0.2) is 50.7 Å². The van der Waals surface area contributed by atoms with Gasteiger partial charge in [0, 0.05) is 31.6 Å². The highest BCUT2D eigenvalue weighted by Crippen LogP contribution is 2.19. The molecule has 0 radical (unpaired) electrons. The third-order valence-corrected chi connectivity index (χ3v) is 5.61. The fraction of sp³-hybridized carbons (Fsp3) is 0.476. The maximum absolute atomic E-state index is 5.71. The van der Waals surface area contributed by atoms with Crippen molar-refractivity contribution in [2.75, 3.05) is 39.8 Å². The van der Waals surface area contributed by atoms with Gasteiger partial charge >= 0.3 is 0 Å². The summed E-state index contributed by atoms with van der Waals surface area (Å²) in [5.74, 6) is 2.41. The molecule has 7 heteroatoms. The van der Waals surface area contributed by atoms with Crippen molar-refractivity contribution >= 4 is 41.3 Å². The SMILES string of the molecule is CN=C(NCCOc1ccccc1)NCC1CCCN(Cc2cccs2)C1.I. The van der Waals surface area contributed by atoms with Crippen LogP contribution in [0.2, 0.25) is 0 Å². The summed E-state index contributed by atoms with van der Waals surface area (Å²) in [6, 6.07) is 14.3. The van der Waals surface area contributed by atoms with Crippen LogP contribution in [0.3, 0.4) is 0 Å². The van der Waals surface area contributed by atoms with E-state index in [9.17, 15) is 0 Å². The third kappa shape index (κ3) is 7.97. The molecule has 1 saturated heterocycles. The summed E-state index contributed by atoms with van der Waals surface area (Å²) in [7, 11) is 1.82. The van der Waals surface area contributed by atoms with Crippen LogP contribution in [0.5, 0.6) is 5.75 Å². The first-order valence-electron chi connectivity index (χ1n) is 9.70. The Morgan fingerprint density at radius 1 is 1.21 bits per heavy atom. The van der Waals surface area contributed by atoms with Crippen molar-refractivity contribution in [3.8, 4) is 5.75 Å². The Balaban J connectivity index is 0.00000280. The predicted octanol–water partition coefficient (Wildman–Crippen LogP) is 3.82. The molecule has 1 unspecified atom stereocenters. The summed E-state index contributed by atoms with van der Waals surface area (Å²) >= 11 is 1.85. The van der Waals surface area contributed by atoms with Gasteiger partial charge in [-0.15, -0.1) is 35.3 Å². The predicted molar refractivity (Wildman–Crippen MR) is 129 cm³/mol. The first kappa shape index (κ1) is 23.0. The van der Waals surface area contributed by atoms with Gasteiger partial charge in [0.2, 0.25) is 0 Å². The number of nitrogens with one attached hydrogen (secondary N) is 2. The number of hydrogen-bond donors (Lipinski definition) is 2. The normalized spacial score (nSPS) is 17.6. The number of thiophene rings is 1. The summed E-state index contributed by atoms with van der Waals surface area (Å²) in [6.45, 7) is 5.74. The minimum absolute atomic E-state index is 0. The molecule has 2 aromatic rings. The zero-order valence-electron chi connectivity index (χ0n) is 16.5. The number of halogens is 1. The lowest BCUT2D eigenvalue weighted by atomic mass is 9.98. The number of piperidine rings is 1. The highest BCUT2D eigenvalue weighted by Gasteiger charge is 2.20. The number of nitrogens with zero attached hydrogens (tertiary/aromatic N) is 2. The molecule has 1 atom stereocenters. The number of ether oxygens (including phenoxy) is 1. The Morgan fingerprint density at radius 2 is 2.07 bits per heavy atom. The van der Waals surface area contributed by atoms with Crippen molar-refractivity contribution in [2.24, 2.45) is 10.9 Å². The van der Waals surface area contributed by atoms with Gasteiger partial charge in [0.1, 0.15) is 12.4 Å². The van der Waals surface area contributed by atoms with Crippen molar-refractivity contribution in [3.63, 3.8) is 0 Å². The van der Waals surface area contributed by atoms with Gasteiger partial charge in [-0.1, -0.05) is 24.3 Å². The summed E-state index contributed by atoms with van der Waals surface area (Å²) in [6.07, 6.45) is 2.55. The van der Waals surface area contributed by atoms with Crippen molar-refractivity contribution in [2.45, 2.75) is 19.4 Å². The zero-order chi connectivity index (χ0) is 18.7. The van der Waals surface area contributed by atoms with Crippen molar-refractivity contribution < 1.29 is 4.74 Å². The van der Waals surface area contributed by atoms with Crippen LogP contribution in [0, 0.1) is 5.92 Å². The van der Waals surface area contributed by atoms with Gasteiger partial charge in [-0.25, -0.2) is 0 Å². The molecule has 154 valence electrons. The highest BCUT2D eigenvalue weighted by atomic mass is 127. The van der Waals surface area contributed by atoms with Gasteiger partial charge in [-0.3, -0.25) is 9.89 Å². The number of rotatable bonds is 8. The van der Waals surface area contributed by atoms with E-state index in [0.717, 1.165) is 37.9 Å². The fourth-order valence-electron chi connectivity index (χ4n) is 3.40. The lowest BCUT2D eigenvalue weighted by Gasteiger charge is -2.32. The summed E-state index contributed by atoms with van der Waals surface area (Å²) < 4.78 is 5.71. The first-order chi connectivity index (χ1) is 13.3.